The molecular formula is C14H20N5O6S+. The van der Waals surface area contributed by atoms with E-state index in [-0.39, 0.29) is 17.1 Å². The van der Waals surface area contributed by atoms with E-state index in [0.29, 0.717) is 13.1 Å². The van der Waals surface area contributed by atoms with Crippen molar-refractivity contribution in [1.82, 2.24) is 10.3 Å². The smallest absolute Gasteiger partial charge is 0.349 e. The summed E-state index contributed by atoms with van der Waals surface area (Å²) in [5, 5.41) is 2.26. The minimum atomic E-state index is -5.03. The average molecular weight is 386 g/mol. The van der Waals surface area contributed by atoms with Crippen LogP contribution in [0.2, 0.25) is 0 Å². The number of nitrogen functional groups attached to an aromatic ring is 1. The van der Waals surface area contributed by atoms with Crippen molar-refractivity contribution in [3.63, 3.8) is 0 Å². The van der Waals surface area contributed by atoms with Gasteiger partial charge >= 0.3 is 22.0 Å². The van der Waals surface area contributed by atoms with Crippen molar-refractivity contribution in [2.24, 2.45) is 0 Å². The molecule has 1 rings (SSSR count). The molecule has 142 valence electrons. The van der Waals surface area contributed by atoms with Gasteiger partial charge in [-0.25, -0.2) is 4.28 Å². The fourth-order valence-corrected chi connectivity index (χ4v) is 2.24. The lowest BCUT2D eigenvalue weighted by Crippen LogP contribution is -2.55. The maximum absolute atomic E-state index is 12.3. The third kappa shape index (κ3) is 5.53. The highest BCUT2D eigenvalue weighted by molar-refractivity contribution is 7.80. The molecule has 1 aromatic rings. The SMILES string of the molecule is C=CCN(CC=C)c1cc(N)[n+](OS(=O)(=O)O)c(C(=O)C(=O)NCC)n1. The van der Waals surface area contributed by atoms with E-state index in [1.807, 2.05) is 0 Å². The van der Waals surface area contributed by atoms with Crippen LogP contribution in [0.4, 0.5) is 11.6 Å². The van der Waals surface area contributed by atoms with Crippen LogP contribution in [0.25, 0.3) is 0 Å². The Morgan fingerprint density at radius 3 is 2.46 bits per heavy atom. The van der Waals surface area contributed by atoms with Crippen LogP contribution in [0.3, 0.4) is 0 Å². The minimum absolute atomic E-state index is 0.144. The second kappa shape index (κ2) is 8.92. The van der Waals surface area contributed by atoms with Gasteiger partial charge in [-0.15, -0.1) is 13.2 Å². The minimum Gasteiger partial charge on any atom is -0.349 e. The number of nitrogens with one attached hydrogen (secondary N) is 1. The van der Waals surface area contributed by atoms with Gasteiger partial charge in [-0.1, -0.05) is 17.1 Å². The third-order valence-electron chi connectivity index (χ3n) is 2.86. The van der Waals surface area contributed by atoms with E-state index in [2.05, 4.69) is 27.7 Å². The van der Waals surface area contributed by atoms with Crippen LogP contribution in [0.5, 0.6) is 0 Å². The van der Waals surface area contributed by atoms with E-state index < -0.39 is 33.7 Å². The number of Topliss-reactive ketones (excluding diaryl/α,β-unsaturated/α-hetero) is 1. The molecule has 0 saturated carbocycles. The van der Waals surface area contributed by atoms with Crippen LogP contribution in [-0.4, -0.2) is 49.3 Å². The Labute approximate surface area is 150 Å². The molecule has 1 amide bonds. The molecule has 0 aliphatic heterocycles. The second-order valence-electron chi connectivity index (χ2n) is 4.83. The van der Waals surface area contributed by atoms with Gasteiger partial charge in [0.15, 0.2) is 0 Å². The molecular weight excluding hydrogens is 366 g/mol. The number of hydrogen-bond acceptors (Lipinski definition) is 8. The Balaban J connectivity index is 3.56. The number of hydrogen-bond donors (Lipinski definition) is 3. The Morgan fingerprint density at radius 1 is 1.42 bits per heavy atom. The van der Waals surface area contributed by atoms with Crippen LogP contribution in [0, 0.1) is 0 Å². The molecule has 12 heteroatoms. The van der Waals surface area contributed by atoms with E-state index in [1.54, 1.807) is 24.0 Å². The van der Waals surface area contributed by atoms with Gasteiger partial charge in [-0.3, -0.25) is 14.1 Å². The van der Waals surface area contributed by atoms with Gasteiger partial charge in [-0.2, -0.15) is 8.42 Å². The van der Waals surface area contributed by atoms with Gasteiger partial charge in [0.1, 0.15) is 0 Å². The molecule has 11 nitrogen and oxygen atoms in total. The van der Waals surface area contributed by atoms with Crippen molar-refractivity contribution >= 4 is 33.7 Å². The molecule has 0 bridgehead atoms. The first-order valence-corrected chi connectivity index (χ1v) is 8.70. The largest absolute Gasteiger partial charge is 0.476 e. The van der Waals surface area contributed by atoms with Gasteiger partial charge in [0.25, 0.3) is 11.7 Å². The first-order chi connectivity index (χ1) is 12.1. The van der Waals surface area contributed by atoms with Gasteiger partial charge in [-0.05, 0) is 11.7 Å². The first kappa shape index (κ1) is 21.1. The van der Waals surface area contributed by atoms with Crippen LogP contribution in [0.15, 0.2) is 31.4 Å². The maximum Gasteiger partial charge on any atom is 0.476 e. The number of ketones is 1. The summed E-state index contributed by atoms with van der Waals surface area (Å²) < 4.78 is 35.5. The zero-order chi connectivity index (χ0) is 19.9. The number of carbonyl (C=O) groups is 2. The lowest BCUT2D eigenvalue weighted by Gasteiger charge is -2.18. The average Bonchev–Trinajstić information content (AvgIpc) is 2.54. The molecule has 0 aliphatic carbocycles. The van der Waals surface area contributed by atoms with E-state index in [0.717, 1.165) is 0 Å². The molecule has 0 fully saturated rings. The number of carbonyl (C=O) groups excluding carboxylic acids is 2. The number of nitrogens with zero attached hydrogens (tertiary/aromatic N) is 3. The number of aromatic nitrogens is 2. The standard InChI is InChI=1S/C14H19N5O6S/c1-4-7-18(8-5-2)11-9-10(15)19(25-26(22,23)24)13(17-11)12(20)14(21)16-6-3/h4-5,9,15H,1-2,6-8H2,3H3,(H2,16,21,22,23,24)/p+1. The highest BCUT2D eigenvalue weighted by Gasteiger charge is 2.33. The summed E-state index contributed by atoms with van der Waals surface area (Å²) in [6.45, 7) is 9.54. The molecule has 0 aliphatic rings. The van der Waals surface area contributed by atoms with Crippen molar-refractivity contribution < 1.29 is 31.6 Å². The third-order valence-corrected chi connectivity index (χ3v) is 3.20. The van der Waals surface area contributed by atoms with Gasteiger partial charge < -0.3 is 16.0 Å². The van der Waals surface area contributed by atoms with E-state index in [4.69, 9.17) is 10.3 Å². The quantitative estimate of drug-likeness (QED) is 0.146. The van der Waals surface area contributed by atoms with Crippen molar-refractivity contribution in [2.45, 2.75) is 6.92 Å². The molecule has 0 radical (unpaired) electrons. The number of anilines is 2. The van der Waals surface area contributed by atoms with Crippen molar-refractivity contribution in [3.8, 4) is 0 Å². The summed E-state index contributed by atoms with van der Waals surface area (Å²) in [4.78, 5) is 29.7. The summed E-state index contributed by atoms with van der Waals surface area (Å²) in [5.74, 6) is -3.24. The molecule has 1 aromatic heterocycles. The van der Waals surface area contributed by atoms with Crippen molar-refractivity contribution in [1.29, 1.82) is 0 Å². The van der Waals surface area contributed by atoms with E-state index >= 15 is 0 Å². The lowest BCUT2D eigenvalue weighted by molar-refractivity contribution is -0.848. The van der Waals surface area contributed by atoms with Crippen LogP contribution < -0.4 is 25.0 Å². The maximum atomic E-state index is 12.3. The molecule has 0 saturated heterocycles. The summed E-state index contributed by atoms with van der Waals surface area (Å²) >= 11 is 0. The van der Waals surface area contributed by atoms with Gasteiger partial charge in [0, 0.05) is 19.6 Å². The normalized spacial score (nSPS) is 10.7. The topological polar surface area (TPSA) is 156 Å². The van der Waals surface area contributed by atoms with Crippen molar-refractivity contribution in [3.05, 3.63) is 37.2 Å². The fourth-order valence-electron chi connectivity index (χ4n) is 1.89. The zero-order valence-corrected chi connectivity index (χ0v) is 14.9. The number of rotatable bonds is 10. The van der Waals surface area contributed by atoms with Gasteiger partial charge in [0.05, 0.1) is 6.07 Å². The fraction of sp³-hybridized carbons (Fsp3) is 0.286. The number of nitrogens with two attached hydrogens (primary N) is 1. The van der Waals surface area contributed by atoms with Gasteiger partial charge in [0.2, 0.25) is 5.82 Å². The Morgan fingerprint density at radius 2 is 2.00 bits per heavy atom. The Kier molecular flexibility index (Phi) is 7.22. The summed E-state index contributed by atoms with van der Waals surface area (Å²) in [6, 6.07) is 1.20. The van der Waals surface area contributed by atoms with E-state index in [1.165, 1.54) is 6.07 Å². The van der Waals surface area contributed by atoms with Crippen LogP contribution in [0.1, 0.15) is 17.5 Å². The summed E-state index contributed by atoms with van der Waals surface area (Å²) in [6.07, 6.45) is 3.12. The first-order valence-electron chi connectivity index (χ1n) is 7.33. The predicted molar refractivity (Wildman–Crippen MR) is 92.6 cm³/mol. The number of likely N-dealkylation sites (N-methyl/N-ethyl adjacent to an activating group) is 1. The van der Waals surface area contributed by atoms with Crippen LogP contribution >= 0.6 is 0 Å². The second-order valence-corrected chi connectivity index (χ2v) is 5.83. The molecule has 1 heterocycles. The molecule has 4 N–H and O–H groups in total. The predicted octanol–water partition coefficient (Wildman–Crippen LogP) is -1.32. The van der Waals surface area contributed by atoms with Crippen LogP contribution in [-0.2, 0) is 15.2 Å². The Hall–Kier alpha value is -2.99. The monoisotopic (exact) mass is 386 g/mol. The highest BCUT2D eigenvalue weighted by atomic mass is 32.3. The molecule has 0 aromatic carbocycles. The summed E-state index contributed by atoms with van der Waals surface area (Å²) in [5.41, 5.74) is 5.73. The lowest BCUT2D eigenvalue weighted by atomic mass is 10.3. The molecule has 0 atom stereocenters. The molecule has 26 heavy (non-hydrogen) atoms. The number of amides is 1. The zero-order valence-electron chi connectivity index (χ0n) is 14.1. The van der Waals surface area contributed by atoms with Crippen molar-refractivity contribution in [2.75, 3.05) is 30.3 Å². The highest BCUT2D eigenvalue weighted by Crippen LogP contribution is 2.14. The Bertz CT molecular complexity index is 813. The molecule has 0 spiro atoms. The van der Waals surface area contributed by atoms with E-state index in [9.17, 15) is 18.0 Å². The summed E-state index contributed by atoms with van der Waals surface area (Å²) in [7, 11) is -5.03. The molecule has 0 unspecified atom stereocenters.